The fourth-order valence-corrected chi connectivity index (χ4v) is 3.18. The number of likely N-dealkylation sites (N-methyl/N-ethyl adjacent to an activating group) is 1. The van der Waals surface area contributed by atoms with E-state index in [1.54, 1.807) is 0 Å². The molecule has 0 aromatic heterocycles. The maximum Gasteiger partial charge on any atom is 0.179 e. The van der Waals surface area contributed by atoms with Crippen LogP contribution in [-0.2, 0) is 0 Å². The van der Waals surface area contributed by atoms with Gasteiger partial charge in [0.05, 0.1) is 5.02 Å². The first-order valence-electron chi connectivity index (χ1n) is 7.21. The molecule has 0 saturated heterocycles. The Morgan fingerprint density at radius 3 is 2.75 bits per heavy atom. The standard InChI is InChI=1S/C15H21ClN2O2/c1-18(11-3-2-4-11)13(9-17)10-7-12(16)15-14(8-10)19-5-6-20-15/h7-8,11,13H,2-6,9,17H2,1H3. The summed E-state index contributed by atoms with van der Waals surface area (Å²) in [6, 6.07) is 4.79. The number of nitrogens with zero attached hydrogens (tertiary/aromatic N) is 1. The summed E-state index contributed by atoms with van der Waals surface area (Å²) in [6.45, 7) is 1.69. The number of rotatable bonds is 4. The van der Waals surface area contributed by atoms with Crippen LogP contribution in [-0.4, -0.2) is 37.7 Å². The van der Waals surface area contributed by atoms with E-state index in [1.807, 2.05) is 12.1 Å². The lowest BCUT2D eigenvalue weighted by Gasteiger charge is -2.40. The van der Waals surface area contributed by atoms with Gasteiger partial charge in [0.1, 0.15) is 13.2 Å². The van der Waals surface area contributed by atoms with Crippen molar-refractivity contribution in [2.24, 2.45) is 5.73 Å². The van der Waals surface area contributed by atoms with Crippen LogP contribution in [0.1, 0.15) is 30.9 Å². The van der Waals surface area contributed by atoms with E-state index >= 15 is 0 Å². The second-order valence-electron chi connectivity index (χ2n) is 5.53. The zero-order valence-corrected chi connectivity index (χ0v) is 12.5. The Bertz CT molecular complexity index is 491. The summed E-state index contributed by atoms with van der Waals surface area (Å²) in [4.78, 5) is 2.37. The Morgan fingerprint density at radius 1 is 1.35 bits per heavy atom. The van der Waals surface area contributed by atoms with Crippen LogP contribution in [0.5, 0.6) is 11.5 Å². The molecule has 1 fully saturated rings. The molecule has 1 saturated carbocycles. The highest BCUT2D eigenvalue weighted by molar-refractivity contribution is 6.32. The number of hydrogen-bond acceptors (Lipinski definition) is 4. The summed E-state index contributed by atoms with van der Waals surface area (Å²) in [7, 11) is 2.14. The van der Waals surface area contributed by atoms with Gasteiger partial charge in [0, 0.05) is 18.6 Å². The van der Waals surface area contributed by atoms with Crippen LogP contribution in [0.3, 0.4) is 0 Å². The van der Waals surface area contributed by atoms with Crippen LogP contribution in [0, 0.1) is 0 Å². The van der Waals surface area contributed by atoms with Crippen molar-refractivity contribution in [3.8, 4) is 11.5 Å². The van der Waals surface area contributed by atoms with Gasteiger partial charge in [0.15, 0.2) is 11.5 Å². The molecular weight excluding hydrogens is 276 g/mol. The van der Waals surface area contributed by atoms with E-state index in [9.17, 15) is 0 Å². The number of halogens is 1. The molecule has 0 bridgehead atoms. The van der Waals surface area contributed by atoms with E-state index in [1.165, 1.54) is 19.3 Å². The molecule has 3 rings (SSSR count). The number of benzene rings is 1. The van der Waals surface area contributed by atoms with Crippen LogP contribution in [0.15, 0.2) is 12.1 Å². The van der Waals surface area contributed by atoms with Gasteiger partial charge in [-0.25, -0.2) is 0 Å². The first-order valence-corrected chi connectivity index (χ1v) is 7.59. The van der Waals surface area contributed by atoms with Crippen LogP contribution in [0.2, 0.25) is 5.02 Å². The van der Waals surface area contributed by atoms with Gasteiger partial charge in [-0.1, -0.05) is 18.0 Å². The minimum atomic E-state index is 0.175. The maximum absolute atomic E-state index is 6.32. The van der Waals surface area contributed by atoms with Crippen LogP contribution >= 0.6 is 11.6 Å². The van der Waals surface area contributed by atoms with E-state index in [2.05, 4.69) is 11.9 Å². The highest BCUT2D eigenvalue weighted by Gasteiger charge is 2.29. The van der Waals surface area contributed by atoms with E-state index in [0.717, 1.165) is 11.3 Å². The quantitative estimate of drug-likeness (QED) is 0.928. The Morgan fingerprint density at radius 2 is 2.10 bits per heavy atom. The summed E-state index contributed by atoms with van der Waals surface area (Å²) in [5, 5.41) is 0.609. The highest BCUT2D eigenvalue weighted by atomic mass is 35.5. The smallest absolute Gasteiger partial charge is 0.179 e. The van der Waals surface area contributed by atoms with Crippen LogP contribution in [0.4, 0.5) is 0 Å². The van der Waals surface area contributed by atoms with Crippen molar-refractivity contribution in [3.05, 3.63) is 22.7 Å². The molecule has 110 valence electrons. The van der Waals surface area contributed by atoms with E-state index in [0.29, 0.717) is 36.6 Å². The summed E-state index contributed by atoms with van der Waals surface area (Å²) in [6.07, 6.45) is 3.82. The fraction of sp³-hybridized carbons (Fsp3) is 0.600. The predicted molar refractivity (Wildman–Crippen MR) is 79.6 cm³/mol. The van der Waals surface area contributed by atoms with Gasteiger partial charge in [-0.2, -0.15) is 0 Å². The molecule has 0 radical (unpaired) electrons. The van der Waals surface area contributed by atoms with Gasteiger partial charge in [-0.05, 0) is 37.6 Å². The van der Waals surface area contributed by atoms with Crippen molar-refractivity contribution in [2.75, 3.05) is 26.8 Å². The van der Waals surface area contributed by atoms with Gasteiger partial charge in [-0.15, -0.1) is 0 Å². The molecule has 20 heavy (non-hydrogen) atoms. The first kappa shape index (κ1) is 14.0. The number of hydrogen-bond donors (Lipinski definition) is 1. The SMILES string of the molecule is CN(C1CCC1)C(CN)c1cc(Cl)c2c(c1)OCCO2. The molecular formula is C15H21ClN2O2. The third-order valence-corrected chi connectivity index (χ3v) is 4.65. The zero-order valence-electron chi connectivity index (χ0n) is 11.8. The molecule has 1 heterocycles. The molecule has 1 aromatic rings. The van der Waals surface area contributed by atoms with Crippen molar-refractivity contribution in [1.82, 2.24) is 4.90 Å². The van der Waals surface area contributed by atoms with Crippen LogP contribution < -0.4 is 15.2 Å². The lowest BCUT2D eigenvalue weighted by atomic mass is 9.89. The molecule has 4 nitrogen and oxygen atoms in total. The molecule has 1 aromatic carbocycles. The molecule has 2 aliphatic rings. The first-order chi connectivity index (χ1) is 9.70. The highest BCUT2D eigenvalue weighted by Crippen LogP contribution is 2.41. The number of nitrogens with two attached hydrogens (primary N) is 1. The average molecular weight is 297 g/mol. The van der Waals surface area contributed by atoms with Crippen LogP contribution in [0.25, 0.3) is 0 Å². The molecule has 1 aliphatic heterocycles. The maximum atomic E-state index is 6.32. The van der Waals surface area contributed by atoms with Crippen molar-refractivity contribution in [3.63, 3.8) is 0 Å². The number of ether oxygens (including phenoxy) is 2. The fourth-order valence-electron chi connectivity index (χ4n) is 2.91. The van der Waals surface area contributed by atoms with E-state index < -0.39 is 0 Å². The third-order valence-electron chi connectivity index (χ3n) is 4.37. The third kappa shape index (κ3) is 2.48. The monoisotopic (exact) mass is 296 g/mol. The van der Waals surface area contributed by atoms with Crippen molar-refractivity contribution >= 4 is 11.6 Å². The summed E-state index contributed by atoms with van der Waals surface area (Å²) in [5.41, 5.74) is 7.10. The minimum Gasteiger partial charge on any atom is -0.486 e. The normalized spacial score (nSPS) is 19.8. The molecule has 1 unspecified atom stereocenters. The molecule has 1 atom stereocenters. The van der Waals surface area contributed by atoms with Gasteiger partial charge in [0.2, 0.25) is 0 Å². The van der Waals surface area contributed by atoms with Gasteiger partial charge in [-0.3, -0.25) is 4.90 Å². The summed E-state index contributed by atoms with van der Waals surface area (Å²) < 4.78 is 11.2. The second kappa shape index (κ2) is 5.80. The Labute approximate surface area is 124 Å². The lowest BCUT2D eigenvalue weighted by molar-refractivity contribution is 0.112. The molecule has 5 heteroatoms. The van der Waals surface area contributed by atoms with Crippen molar-refractivity contribution in [2.45, 2.75) is 31.3 Å². The Hall–Kier alpha value is -0.970. The molecule has 0 spiro atoms. The van der Waals surface area contributed by atoms with E-state index in [4.69, 9.17) is 26.8 Å². The van der Waals surface area contributed by atoms with Crippen molar-refractivity contribution in [1.29, 1.82) is 0 Å². The van der Waals surface area contributed by atoms with Gasteiger partial charge >= 0.3 is 0 Å². The second-order valence-corrected chi connectivity index (χ2v) is 5.94. The Balaban J connectivity index is 1.89. The Kier molecular flexibility index (Phi) is 4.06. The van der Waals surface area contributed by atoms with E-state index in [-0.39, 0.29) is 6.04 Å². The molecule has 0 amide bonds. The predicted octanol–water partition coefficient (Wildman–Crippen LogP) is 2.60. The molecule has 2 N–H and O–H groups in total. The average Bonchev–Trinajstić information content (AvgIpc) is 2.37. The molecule has 1 aliphatic carbocycles. The van der Waals surface area contributed by atoms with Crippen molar-refractivity contribution < 1.29 is 9.47 Å². The van der Waals surface area contributed by atoms with Gasteiger partial charge < -0.3 is 15.2 Å². The summed E-state index contributed by atoms with van der Waals surface area (Å²) in [5.74, 6) is 1.39. The number of fused-ring (bicyclic) bond motifs is 1. The van der Waals surface area contributed by atoms with Gasteiger partial charge in [0.25, 0.3) is 0 Å². The zero-order chi connectivity index (χ0) is 14.1. The summed E-state index contributed by atoms with van der Waals surface area (Å²) >= 11 is 6.32. The largest absolute Gasteiger partial charge is 0.486 e. The lowest BCUT2D eigenvalue weighted by Crippen LogP contribution is -2.42. The topological polar surface area (TPSA) is 47.7 Å². The minimum absolute atomic E-state index is 0.175.